The van der Waals surface area contributed by atoms with Crippen LogP contribution < -0.4 is 4.72 Å². The molecular weight excluding hydrogens is 459 g/mol. The molecule has 0 fully saturated rings. The Labute approximate surface area is 180 Å². The Kier molecular flexibility index (Phi) is 6.27. The summed E-state index contributed by atoms with van der Waals surface area (Å²) >= 11 is 5.94. The fourth-order valence-corrected chi connectivity index (χ4v) is 4.12. The van der Waals surface area contributed by atoms with E-state index in [2.05, 4.69) is 9.71 Å². The Bertz CT molecular complexity index is 1230. The van der Waals surface area contributed by atoms with Crippen LogP contribution in [0.3, 0.4) is 0 Å². The molecule has 2 heterocycles. The number of esters is 1. The van der Waals surface area contributed by atoms with Gasteiger partial charge < -0.3 is 4.74 Å². The molecule has 0 aliphatic rings. The number of pyridine rings is 1. The van der Waals surface area contributed by atoms with Crippen LogP contribution in [-0.2, 0) is 20.9 Å². The molecule has 1 aromatic carbocycles. The predicted octanol–water partition coefficient (Wildman–Crippen LogP) is 4.52. The number of benzene rings is 1. The Morgan fingerprint density at radius 1 is 1.23 bits per heavy atom. The van der Waals surface area contributed by atoms with E-state index < -0.39 is 27.7 Å². The minimum absolute atomic E-state index is 0.0878. The Morgan fingerprint density at radius 3 is 2.61 bits per heavy atom. The maximum absolute atomic E-state index is 12.9. The molecule has 0 unspecified atom stereocenters. The number of nitrogens with one attached hydrogen (secondary N) is 1. The summed E-state index contributed by atoms with van der Waals surface area (Å²) in [6, 6.07) is 8.92. The largest absolute Gasteiger partial charge is 0.462 e. The lowest BCUT2D eigenvalue weighted by atomic mass is 10.2. The Hall–Kier alpha value is -3.05. The van der Waals surface area contributed by atoms with Crippen molar-refractivity contribution >= 4 is 33.3 Å². The highest BCUT2D eigenvalue weighted by Gasteiger charge is 2.32. The van der Waals surface area contributed by atoms with Gasteiger partial charge in [0.15, 0.2) is 10.8 Å². The molecule has 0 atom stereocenters. The van der Waals surface area contributed by atoms with Gasteiger partial charge in [0.2, 0.25) is 0 Å². The first kappa shape index (κ1) is 22.6. The van der Waals surface area contributed by atoms with Gasteiger partial charge in [-0.15, -0.1) is 0 Å². The van der Waals surface area contributed by atoms with E-state index >= 15 is 0 Å². The first-order chi connectivity index (χ1) is 14.5. The highest BCUT2D eigenvalue weighted by molar-refractivity contribution is 7.92. The molecule has 0 saturated heterocycles. The number of nitrogens with zero attached hydrogens (tertiary/aromatic N) is 2. The van der Waals surface area contributed by atoms with E-state index in [0.717, 1.165) is 4.57 Å². The van der Waals surface area contributed by atoms with Gasteiger partial charge in [0, 0.05) is 18.1 Å². The molecule has 0 spiro atoms. The number of anilines is 1. The highest BCUT2D eigenvalue weighted by atomic mass is 35.5. The van der Waals surface area contributed by atoms with Gasteiger partial charge in [0.25, 0.3) is 10.0 Å². The number of ether oxygens (including phenoxy) is 1. The zero-order valence-electron chi connectivity index (χ0n) is 15.9. The zero-order valence-corrected chi connectivity index (χ0v) is 17.4. The second-order valence-corrected chi connectivity index (χ2v) is 8.19. The second kappa shape index (κ2) is 8.60. The maximum Gasteiger partial charge on any atom is 0.417 e. The van der Waals surface area contributed by atoms with E-state index in [1.54, 1.807) is 6.92 Å². The number of carbonyl (C=O) groups excluding carboxylic acids is 1. The normalized spacial score (nSPS) is 11.9. The number of sulfonamides is 1. The lowest BCUT2D eigenvalue weighted by Gasteiger charge is -2.14. The van der Waals surface area contributed by atoms with Crippen molar-refractivity contribution in [1.29, 1.82) is 0 Å². The van der Waals surface area contributed by atoms with E-state index in [-0.39, 0.29) is 33.7 Å². The van der Waals surface area contributed by atoms with Crippen LogP contribution in [-0.4, -0.2) is 30.5 Å². The first-order valence-electron chi connectivity index (χ1n) is 8.73. The van der Waals surface area contributed by atoms with E-state index in [0.29, 0.717) is 12.3 Å². The van der Waals surface area contributed by atoms with Crippen molar-refractivity contribution in [2.45, 2.75) is 18.1 Å². The molecule has 7 nitrogen and oxygen atoms in total. The second-order valence-electron chi connectivity index (χ2n) is 6.15. The van der Waals surface area contributed by atoms with Gasteiger partial charge in [-0.05, 0) is 43.3 Å². The summed E-state index contributed by atoms with van der Waals surface area (Å²) in [4.78, 5) is 15.5. The summed E-state index contributed by atoms with van der Waals surface area (Å²) < 4.78 is 72.6. The third-order valence-electron chi connectivity index (χ3n) is 3.99. The lowest BCUT2D eigenvalue weighted by Crippen LogP contribution is -2.18. The van der Waals surface area contributed by atoms with Crippen LogP contribution in [0.2, 0.25) is 5.02 Å². The lowest BCUT2D eigenvalue weighted by molar-refractivity contribution is -0.137. The summed E-state index contributed by atoms with van der Waals surface area (Å²) in [7, 11) is -4.22. The van der Waals surface area contributed by atoms with E-state index in [1.807, 2.05) is 0 Å². The van der Waals surface area contributed by atoms with Crippen molar-refractivity contribution < 1.29 is 31.1 Å². The fourth-order valence-electron chi connectivity index (χ4n) is 2.65. The number of aromatic nitrogens is 2. The van der Waals surface area contributed by atoms with Crippen LogP contribution in [0.1, 0.15) is 22.8 Å². The van der Waals surface area contributed by atoms with Crippen LogP contribution in [0.4, 0.5) is 18.9 Å². The molecule has 12 heteroatoms. The molecular formula is C19H15ClF3N3O4S. The molecule has 1 N–H and O–H groups in total. The average Bonchev–Trinajstić information content (AvgIpc) is 3.18. The van der Waals surface area contributed by atoms with Crippen LogP contribution in [0.25, 0.3) is 5.82 Å². The molecule has 0 aliphatic heterocycles. The predicted molar refractivity (Wildman–Crippen MR) is 107 cm³/mol. The molecule has 2 aromatic heterocycles. The first-order valence-corrected chi connectivity index (χ1v) is 10.6. The maximum atomic E-state index is 12.9. The molecule has 0 saturated carbocycles. The Morgan fingerprint density at radius 2 is 1.97 bits per heavy atom. The number of rotatable bonds is 6. The molecule has 0 radical (unpaired) electrons. The number of hydrogen-bond acceptors (Lipinski definition) is 5. The van der Waals surface area contributed by atoms with E-state index in [1.165, 1.54) is 42.6 Å². The number of halogens is 4. The zero-order chi connectivity index (χ0) is 22.8. The molecule has 31 heavy (non-hydrogen) atoms. The van der Waals surface area contributed by atoms with Crippen molar-refractivity contribution in [3.05, 3.63) is 71.0 Å². The van der Waals surface area contributed by atoms with E-state index in [4.69, 9.17) is 16.3 Å². The Balaban J connectivity index is 1.95. The van der Waals surface area contributed by atoms with Gasteiger partial charge in [-0.25, -0.2) is 9.78 Å². The van der Waals surface area contributed by atoms with Gasteiger partial charge in [-0.1, -0.05) is 17.7 Å². The van der Waals surface area contributed by atoms with Crippen LogP contribution in [0.5, 0.6) is 0 Å². The molecule has 0 amide bonds. The third-order valence-corrected chi connectivity index (χ3v) is 5.66. The van der Waals surface area contributed by atoms with Crippen molar-refractivity contribution in [2.24, 2.45) is 0 Å². The van der Waals surface area contributed by atoms with Crippen molar-refractivity contribution in [3.8, 4) is 5.82 Å². The van der Waals surface area contributed by atoms with Gasteiger partial charge in [0.05, 0.1) is 22.8 Å². The summed E-state index contributed by atoms with van der Waals surface area (Å²) in [6.45, 7) is 1.79. The molecule has 0 aliphatic carbocycles. The smallest absolute Gasteiger partial charge is 0.417 e. The molecule has 0 bridgehead atoms. The standard InChI is InChI=1S/C19H15ClF3N3O4S/c1-2-30-18(27)12-5-3-6-14(9-12)25-31(28,29)16-7-4-8-26(16)17-15(20)10-13(11-24-17)19(21,22)23/h3-11,25H,2H2,1H3. The number of hydrogen-bond donors (Lipinski definition) is 1. The summed E-state index contributed by atoms with van der Waals surface area (Å²) in [5.41, 5.74) is -0.832. The van der Waals surface area contributed by atoms with Crippen LogP contribution >= 0.6 is 11.6 Å². The molecule has 164 valence electrons. The van der Waals surface area contributed by atoms with Crippen LogP contribution in [0.15, 0.2) is 59.9 Å². The van der Waals surface area contributed by atoms with Gasteiger partial charge in [0.1, 0.15) is 0 Å². The van der Waals surface area contributed by atoms with Gasteiger partial charge in [-0.2, -0.15) is 21.6 Å². The summed E-state index contributed by atoms with van der Waals surface area (Å²) in [5, 5.41) is -0.699. The number of carbonyl (C=O) groups is 1. The SMILES string of the molecule is CCOC(=O)c1cccc(NS(=O)(=O)c2cccn2-c2ncc(C(F)(F)F)cc2Cl)c1. The number of alkyl halides is 3. The third kappa shape index (κ3) is 5.00. The quantitative estimate of drug-likeness (QED) is 0.531. The minimum Gasteiger partial charge on any atom is -0.462 e. The molecule has 3 aromatic rings. The summed E-state index contributed by atoms with van der Waals surface area (Å²) in [6.07, 6.45) is -2.79. The topological polar surface area (TPSA) is 90.3 Å². The monoisotopic (exact) mass is 473 g/mol. The van der Waals surface area contributed by atoms with Gasteiger partial charge in [-0.3, -0.25) is 9.29 Å². The molecule has 3 rings (SSSR count). The van der Waals surface area contributed by atoms with Crippen molar-refractivity contribution in [1.82, 2.24) is 9.55 Å². The van der Waals surface area contributed by atoms with Crippen LogP contribution in [0, 0.1) is 0 Å². The minimum atomic E-state index is -4.65. The van der Waals surface area contributed by atoms with Crippen molar-refractivity contribution in [3.63, 3.8) is 0 Å². The van der Waals surface area contributed by atoms with Crippen molar-refractivity contribution in [2.75, 3.05) is 11.3 Å². The highest BCUT2D eigenvalue weighted by Crippen LogP contribution is 2.32. The average molecular weight is 474 g/mol. The summed E-state index contributed by atoms with van der Waals surface area (Å²) in [5.74, 6) is -0.812. The van der Waals surface area contributed by atoms with E-state index in [9.17, 15) is 26.4 Å². The van der Waals surface area contributed by atoms with Gasteiger partial charge >= 0.3 is 12.1 Å². The fraction of sp³-hybridized carbons (Fsp3) is 0.158.